The van der Waals surface area contributed by atoms with Gasteiger partial charge < -0.3 is 10.1 Å². The van der Waals surface area contributed by atoms with Gasteiger partial charge >= 0.3 is 0 Å². The number of nitrogens with one attached hydrogen (secondary N) is 2. The van der Waals surface area contributed by atoms with Crippen LogP contribution in [-0.2, 0) is 0 Å². The summed E-state index contributed by atoms with van der Waals surface area (Å²) in [6.07, 6.45) is 4.30. The van der Waals surface area contributed by atoms with Gasteiger partial charge in [0.05, 0.1) is 11.2 Å². The van der Waals surface area contributed by atoms with Crippen LogP contribution in [0.15, 0.2) is 54.9 Å². The average molecular weight is 374 g/mol. The number of para-hydroxylation sites is 1. The lowest BCUT2D eigenvalue weighted by atomic mass is 10.0. The summed E-state index contributed by atoms with van der Waals surface area (Å²) in [6.45, 7) is 4.02. The minimum absolute atomic E-state index is 0.0206. The Morgan fingerprint density at radius 2 is 2.00 bits per heavy atom. The van der Waals surface area contributed by atoms with E-state index in [2.05, 4.69) is 15.5 Å². The van der Waals surface area contributed by atoms with Gasteiger partial charge in [-0.3, -0.25) is 5.10 Å². The molecule has 0 saturated heterocycles. The molecular formula is C20H21ClFN3O. The molecule has 0 radical (unpaired) electrons. The van der Waals surface area contributed by atoms with Crippen LogP contribution in [0.1, 0.15) is 43.5 Å². The molecule has 0 bridgehead atoms. The highest BCUT2D eigenvalue weighted by Gasteiger charge is 2.22. The van der Waals surface area contributed by atoms with Crippen LogP contribution in [0.25, 0.3) is 0 Å². The quantitative estimate of drug-likeness (QED) is 0.550. The largest absolute Gasteiger partial charge is 0.453 e. The Morgan fingerprint density at radius 1 is 1.23 bits per heavy atom. The molecule has 0 aliphatic rings. The van der Waals surface area contributed by atoms with Crippen molar-refractivity contribution in [2.75, 3.05) is 0 Å². The van der Waals surface area contributed by atoms with Crippen molar-refractivity contribution in [3.63, 3.8) is 0 Å². The van der Waals surface area contributed by atoms with Crippen molar-refractivity contribution in [2.45, 2.75) is 32.4 Å². The second-order valence-electron chi connectivity index (χ2n) is 6.08. The SMILES string of the molecule is CC[C@@H](N[C@H](C)c1cn[nH]c1)c1ccc(Cl)c(Oc2ccccc2)c1F. The minimum atomic E-state index is -0.444. The lowest BCUT2D eigenvalue weighted by molar-refractivity contribution is 0.410. The second kappa shape index (κ2) is 8.34. The van der Waals surface area contributed by atoms with Crippen LogP contribution in [-0.4, -0.2) is 10.2 Å². The van der Waals surface area contributed by atoms with Crippen molar-refractivity contribution >= 4 is 11.6 Å². The van der Waals surface area contributed by atoms with Gasteiger partial charge in [-0.2, -0.15) is 5.10 Å². The maximum absolute atomic E-state index is 15.2. The fourth-order valence-corrected chi connectivity index (χ4v) is 3.02. The molecule has 0 saturated carbocycles. The Labute approximate surface area is 157 Å². The van der Waals surface area contributed by atoms with Crippen LogP contribution in [0, 0.1) is 5.82 Å². The number of benzene rings is 2. The topological polar surface area (TPSA) is 49.9 Å². The van der Waals surface area contributed by atoms with E-state index in [1.807, 2.05) is 38.2 Å². The van der Waals surface area contributed by atoms with E-state index < -0.39 is 5.82 Å². The van der Waals surface area contributed by atoms with E-state index in [9.17, 15) is 0 Å². The second-order valence-corrected chi connectivity index (χ2v) is 6.48. The smallest absolute Gasteiger partial charge is 0.181 e. The monoisotopic (exact) mass is 373 g/mol. The Bertz CT molecular complexity index is 840. The molecule has 2 N–H and O–H groups in total. The van der Waals surface area contributed by atoms with Crippen molar-refractivity contribution in [1.82, 2.24) is 15.5 Å². The minimum Gasteiger partial charge on any atom is -0.453 e. The molecule has 1 heterocycles. The van der Waals surface area contributed by atoms with Gasteiger partial charge in [0.15, 0.2) is 11.6 Å². The summed E-state index contributed by atoms with van der Waals surface area (Å²) in [7, 11) is 0. The fraction of sp³-hybridized carbons (Fsp3) is 0.250. The number of ether oxygens (including phenoxy) is 1. The molecule has 0 aliphatic carbocycles. The summed E-state index contributed by atoms with van der Waals surface area (Å²) in [4.78, 5) is 0. The van der Waals surface area contributed by atoms with E-state index >= 15 is 4.39 Å². The van der Waals surface area contributed by atoms with Gasteiger partial charge in [-0.05, 0) is 31.5 Å². The molecule has 3 rings (SSSR count). The van der Waals surface area contributed by atoms with Gasteiger partial charge in [0.1, 0.15) is 5.75 Å². The number of H-pyrrole nitrogens is 1. The Kier molecular flexibility index (Phi) is 5.91. The molecule has 4 nitrogen and oxygen atoms in total. The zero-order valence-electron chi connectivity index (χ0n) is 14.7. The van der Waals surface area contributed by atoms with E-state index in [-0.39, 0.29) is 22.9 Å². The van der Waals surface area contributed by atoms with E-state index in [1.165, 1.54) is 0 Å². The summed E-state index contributed by atoms with van der Waals surface area (Å²) in [5.41, 5.74) is 1.54. The van der Waals surface area contributed by atoms with E-state index in [1.54, 1.807) is 30.5 Å². The van der Waals surface area contributed by atoms with Gasteiger partial charge in [-0.1, -0.05) is 42.8 Å². The highest BCUT2D eigenvalue weighted by atomic mass is 35.5. The fourth-order valence-electron chi connectivity index (χ4n) is 2.84. The molecule has 6 heteroatoms. The Hall–Kier alpha value is -2.37. The molecule has 0 aliphatic heterocycles. The van der Waals surface area contributed by atoms with Crippen LogP contribution in [0.5, 0.6) is 11.5 Å². The number of aromatic amines is 1. The number of aromatic nitrogens is 2. The first-order valence-corrected chi connectivity index (χ1v) is 8.93. The molecule has 0 spiro atoms. The van der Waals surface area contributed by atoms with Crippen molar-refractivity contribution in [3.05, 3.63) is 76.8 Å². The van der Waals surface area contributed by atoms with Gasteiger partial charge in [-0.15, -0.1) is 0 Å². The van der Waals surface area contributed by atoms with E-state index in [4.69, 9.17) is 16.3 Å². The molecular weight excluding hydrogens is 353 g/mol. The first-order chi connectivity index (χ1) is 12.6. The number of hydrogen-bond donors (Lipinski definition) is 2. The predicted molar refractivity (Wildman–Crippen MR) is 101 cm³/mol. The third-order valence-corrected chi connectivity index (χ3v) is 4.59. The normalized spacial score (nSPS) is 13.4. The van der Waals surface area contributed by atoms with Crippen molar-refractivity contribution in [1.29, 1.82) is 0 Å². The first kappa shape index (κ1) is 18.4. The van der Waals surface area contributed by atoms with Gasteiger partial charge in [0.2, 0.25) is 0 Å². The van der Waals surface area contributed by atoms with Crippen molar-refractivity contribution in [3.8, 4) is 11.5 Å². The zero-order chi connectivity index (χ0) is 18.5. The number of rotatable bonds is 7. The van der Waals surface area contributed by atoms with Crippen LogP contribution >= 0.6 is 11.6 Å². The Morgan fingerprint density at radius 3 is 2.65 bits per heavy atom. The van der Waals surface area contributed by atoms with E-state index in [0.29, 0.717) is 17.7 Å². The molecule has 136 valence electrons. The molecule has 2 aromatic carbocycles. The van der Waals surface area contributed by atoms with Gasteiger partial charge in [0.25, 0.3) is 0 Å². The van der Waals surface area contributed by atoms with Crippen molar-refractivity contribution in [2.24, 2.45) is 0 Å². The highest BCUT2D eigenvalue weighted by molar-refractivity contribution is 6.32. The highest BCUT2D eigenvalue weighted by Crippen LogP contribution is 2.37. The summed E-state index contributed by atoms with van der Waals surface area (Å²) >= 11 is 6.19. The summed E-state index contributed by atoms with van der Waals surface area (Å²) in [5.74, 6) is 0.143. The Balaban J connectivity index is 1.87. The van der Waals surface area contributed by atoms with Crippen molar-refractivity contribution < 1.29 is 9.13 Å². The molecule has 0 amide bonds. The number of halogens is 2. The maximum Gasteiger partial charge on any atom is 0.181 e. The number of hydrogen-bond acceptors (Lipinski definition) is 3. The standard InChI is InChI=1S/C20H21ClFN3O/c1-3-18(25-13(2)14-11-23-24-12-14)16-9-10-17(21)20(19(16)22)26-15-7-5-4-6-8-15/h4-13,18,25H,3H2,1-2H3,(H,23,24)/t13-,18-/m1/s1. The first-order valence-electron chi connectivity index (χ1n) is 8.55. The summed E-state index contributed by atoms with van der Waals surface area (Å²) in [5, 5.41) is 10.4. The number of nitrogens with zero attached hydrogens (tertiary/aromatic N) is 1. The summed E-state index contributed by atoms with van der Waals surface area (Å²) < 4.78 is 20.9. The van der Waals surface area contributed by atoms with Crippen LogP contribution in [0.3, 0.4) is 0 Å². The predicted octanol–water partition coefficient (Wildman–Crippen LogP) is 5.80. The van der Waals surface area contributed by atoms with Gasteiger partial charge in [-0.25, -0.2) is 4.39 Å². The van der Waals surface area contributed by atoms with Crippen LogP contribution in [0.2, 0.25) is 5.02 Å². The van der Waals surface area contributed by atoms with E-state index in [0.717, 1.165) is 5.56 Å². The molecule has 1 aromatic heterocycles. The molecule has 2 atom stereocenters. The molecule has 3 aromatic rings. The molecule has 0 unspecified atom stereocenters. The molecule has 0 fully saturated rings. The lowest BCUT2D eigenvalue weighted by Crippen LogP contribution is -2.25. The van der Waals surface area contributed by atoms with Crippen LogP contribution in [0.4, 0.5) is 4.39 Å². The summed E-state index contributed by atoms with van der Waals surface area (Å²) in [6, 6.07) is 12.3. The zero-order valence-corrected chi connectivity index (χ0v) is 15.4. The van der Waals surface area contributed by atoms with Crippen LogP contribution < -0.4 is 10.1 Å². The third-order valence-electron chi connectivity index (χ3n) is 4.30. The third kappa shape index (κ3) is 4.06. The molecule has 26 heavy (non-hydrogen) atoms. The lowest BCUT2D eigenvalue weighted by Gasteiger charge is -2.23. The average Bonchev–Trinajstić information content (AvgIpc) is 3.19. The van der Waals surface area contributed by atoms with Gasteiger partial charge in [0, 0.05) is 29.4 Å². The maximum atomic E-state index is 15.2.